The number of aliphatic imine (C=N–C) groups is 1. The predicted molar refractivity (Wildman–Crippen MR) is 134 cm³/mol. The summed E-state index contributed by atoms with van der Waals surface area (Å²) in [4.78, 5) is 15.4. The zero-order chi connectivity index (χ0) is 25.5. The van der Waals surface area contributed by atoms with Crippen LogP contribution < -0.4 is 5.32 Å². The summed E-state index contributed by atoms with van der Waals surface area (Å²) in [6.45, 7) is 2.06. The zero-order valence-electron chi connectivity index (χ0n) is 19.7. The topological polar surface area (TPSA) is 106 Å². The Hall–Kier alpha value is -2.63. The number of hydrogen-bond donors (Lipinski definition) is 4. The van der Waals surface area contributed by atoms with Gasteiger partial charge in [0.25, 0.3) is 0 Å². The number of aliphatic hydroxyl groups excluding tert-OH is 1. The van der Waals surface area contributed by atoms with Gasteiger partial charge in [-0.15, -0.1) is 11.8 Å². The van der Waals surface area contributed by atoms with Crippen LogP contribution in [0.4, 0.5) is 24.8 Å². The Morgan fingerprint density at radius 3 is 2.67 bits per heavy atom. The highest BCUT2D eigenvalue weighted by molar-refractivity contribution is 8.01. The number of alkyl halides is 3. The number of hydrogen-bond acceptors (Lipinski definition) is 7. The monoisotopic (exact) mass is 519 g/mol. The Bertz CT molecular complexity index is 1250. The van der Waals surface area contributed by atoms with Crippen LogP contribution in [0.25, 0.3) is 10.9 Å². The van der Waals surface area contributed by atoms with E-state index in [2.05, 4.69) is 25.3 Å². The van der Waals surface area contributed by atoms with Gasteiger partial charge in [-0.25, -0.2) is 9.97 Å². The molecule has 1 aliphatic carbocycles. The molecular weight excluding hydrogens is 491 g/mol. The van der Waals surface area contributed by atoms with Crippen molar-refractivity contribution in [1.29, 1.82) is 0 Å². The second kappa shape index (κ2) is 9.68. The van der Waals surface area contributed by atoms with Crippen LogP contribution in [0.1, 0.15) is 49.1 Å². The SMILES string of the molecule is CC(O)(C1CCC(CO)CC1)C1N=CC(c2c[nH]c3ccc(Nc4nccc(C(F)(F)F)n4)cc23)S1. The fourth-order valence-electron chi connectivity index (χ4n) is 5.10. The molecule has 3 heterocycles. The van der Waals surface area contributed by atoms with E-state index in [1.807, 2.05) is 31.5 Å². The lowest BCUT2D eigenvalue weighted by Gasteiger charge is -2.40. The third-order valence-electron chi connectivity index (χ3n) is 7.29. The second-order valence-electron chi connectivity index (χ2n) is 9.73. The van der Waals surface area contributed by atoms with Crippen LogP contribution in [-0.2, 0) is 6.18 Å². The van der Waals surface area contributed by atoms with Gasteiger partial charge in [0.2, 0.25) is 5.95 Å². The maximum atomic E-state index is 13.0. The fourth-order valence-corrected chi connectivity index (χ4v) is 6.47. The van der Waals surface area contributed by atoms with E-state index in [9.17, 15) is 23.4 Å². The van der Waals surface area contributed by atoms with E-state index < -0.39 is 17.5 Å². The molecule has 0 bridgehead atoms. The van der Waals surface area contributed by atoms with Crippen LogP contribution in [0.5, 0.6) is 0 Å². The summed E-state index contributed by atoms with van der Waals surface area (Å²) >= 11 is 1.59. The third kappa shape index (κ3) is 4.96. The molecule has 0 amide bonds. The molecule has 3 atom stereocenters. The maximum Gasteiger partial charge on any atom is 0.433 e. The highest BCUT2D eigenvalue weighted by Gasteiger charge is 2.44. The summed E-state index contributed by atoms with van der Waals surface area (Å²) in [5.74, 6) is 0.310. The molecule has 3 aromatic rings. The Kier molecular flexibility index (Phi) is 6.73. The summed E-state index contributed by atoms with van der Waals surface area (Å²) in [5, 5.41) is 24.2. The Morgan fingerprint density at radius 1 is 1.17 bits per heavy atom. The number of anilines is 2. The number of aliphatic hydroxyl groups is 2. The van der Waals surface area contributed by atoms with Gasteiger partial charge in [-0.2, -0.15) is 13.2 Å². The van der Waals surface area contributed by atoms with Crippen LogP contribution >= 0.6 is 11.8 Å². The van der Waals surface area contributed by atoms with Gasteiger partial charge >= 0.3 is 6.18 Å². The van der Waals surface area contributed by atoms with Crippen molar-refractivity contribution in [3.63, 3.8) is 0 Å². The van der Waals surface area contributed by atoms with Crippen LogP contribution in [0.15, 0.2) is 41.7 Å². The van der Waals surface area contributed by atoms with Crippen LogP contribution in [0.3, 0.4) is 0 Å². The molecule has 192 valence electrons. The molecule has 0 spiro atoms. The normalized spacial score (nSPS) is 26.3. The number of H-pyrrole nitrogens is 1. The maximum absolute atomic E-state index is 13.0. The molecule has 11 heteroatoms. The molecule has 1 aliphatic heterocycles. The van der Waals surface area contributed by atoms with Gasteiger partial charge in [0, 0.05) is 41.8 Å². The molecule has 0 saturated heterocycles. The van der Waals surface area contributed by atoms with Gasteiger partial charge in [-0.3, -0.25) is 4.99 Å². The average Bonchev–Trinajstić information content (AvgIpc) is 3.51. The molecule has 5 rings (SSSR count). The van der Waals surface area contributed by atoms with E-state index in [0.29, 0.717) is 11.6 Å². The molecule has 1 aromatic carbocycles. The van der Waals surface area contributed by atoms with Crippen molar-refractivity contribution in [2.75, 3.05) is 11.9 Å². The highest BCUT2D eigenvalue weighted by Crippen LogP contribution is 2.48. The average molecular weight is 520 g/mol. The van der Waals surface area contributed by atoms with E-state index in [1.54, 1.807) is 17.8 Å². The van der Waals surface area contributed by atoms with Crippen molar-refractivity contribution in [3.05, 3.63) is 47.9 Å². The smallest absolute Gasteiger partial charge is 0.396 e. The lowest BCUT2D eigenvalue weighted by Crippen LogP contribution is -2.44. The molecule has 1 saturated carbocycles. The summed E-state index contributed by atoms with van der Waals surface area (Å²) in [7, 11) is 0. The number of benzene rings is 1. The van der Waals surface area contributed by atoms with E-state index in [4.69, 9.17) is 0 Å². The first-order valence-corrected chi connectivity index (χ1v) is 12.9. The minimum Gasteiger partial charge on any atom is -0.396 e. The Labute approximate surface area is 210 Å². The molecular formula is C25H28F3N5O2S. The summed E-state index contributed by atoms with van der Waals surface area (Å²) < 4.78 is 39.0. The predicted octanol–water partition coefficient (Wildman–Crippen LogP) is 5.45. The van der Waals surface area contributed by atoms with Gasteiger partial charge in [0.15, 0.2) is 0 Å². The van der Waals surface area contributed by atoms with Crippen LogP contribution in [0.2, 0.25) is 0 Å². The van der Waals surface area contributed by atoms with Gasteiger partial charge < -0.3 is 20.5 Å². The highest BCUT2D eigenvalue weighted by atomic mass is 32.2. The van der Waals surface area contributed by atoms with E-state index in [-0.39, 0.29) is 29.1 Å². The molecule has 2 aliphatic rings. The van der Waals surface area contributed by atoms with Gasteiger partial charge in [0.05, 0.1) is 10.9 Å². The number of fused-ring (bicyclic) bond motifs is 1. The molecule has 2 aromatic heterocycles. The number of nitrogens with one attached hydrogen (secondary N) is 2. The molecule has 3 unspecified atom stereocenters. The number of halogens is 3. The van der Waals surface area contributed by atoms with Crippen molar-refractivity contribution < 1.29 is 23.4 Å². The first-order chi connectivity index (χ1) is 17.1. The number of nitrogens with zero attached hydrogens (tertiary/aromatic N) is 3. The van der Waals surface area contributed by atoms with Gasteiger partial charge in [-0.05, 0) is 74.3 Å². The summed E-state index contributed by atoms with van der Waals surface area (Å²) in [6, 6.07) is 6.27. The van der Waals surface area contributed by atoms with E-state index in [1.165, 1.54) is 0 Å². The van der Waals surface area contributed by atoms with E-state index >= 15 is 0 Å². The molecule has 36 heavy (non-hydrogen) atoms. The number of thioether (sulfide) groups is 1. The minimum absolute atomic E-state index is 0.0796. The van der Waals surface area contributed by atoms with Crippen molar-refractivity contribution >= 4 is 40.5 Å². The first kappa shape index (κ1) is 25.0. The van der Waals surface area contributed by atoms with Crippen LogP contribution in [0, 0.1) is 11.8 Å². The standard InChI is InChI=1S/C25H28F3N5O2S/c1-24(35,15-4-2-14(13-34)3-5-15)22-31-12-20(36-22)18-11-30-19-7-6-16(10-17(18)19)32-23-29-9-8-21(33-23)25(26,27)28/h6-12,14-15,20,22,30,34-35H,2-5,13H2,1H3,(H,29,32,33). The minimum atomic E-state index is -4.55. The molecule has 1 fully saturated rings. The second-order valence-corrected chi connectivity index (χ2v) is 11.0. The Morgan fingerprint density at radius 2 is 1.94 bits per heavy atom. The number of rotatable bonds is 6. The zero-order valence-corrected chi connectivity index (χ0v) is 20.5. The van der Waals surface area contributed by atoms with Crippen molar-refractivity contribution in [2.45, 2.75) is 55.0 Å². The van der Waals surface area contributed by atoms with Crippen molar-refractivity contribution in [3.8, 4) is 0 Å². The number of aromatic amines is 1. The lowest BCUT2D eigenvalue weighted by molar-refractivity contribution is -0.141. The van der Waals surface area contributed by atoms with Crippen molar-refractivity contribution in [1.82, 2.24) is 15.0 Å². The molecule has 7 nitrogen and oxygen atoms in total. The lowest BCUT2D eigenvalue weighted by atomic mass is 9.74. The van der Waals surface area contributed by atoms with Gasteiger partial charge in [0.1, 0.15) is 11.1 Å². The largest absolute Gasteiger partial charge is 0.433 e. The summed E-state index contributed by atoms with van der Waals surface area (Å²) in [6.07, 6.45) is 3.86. The first-order valence-electron chi connectivity index (χ1n) is 12.0. The Balaban J connectivity index is 1.32. The molecule has 0 radical (unpaired) electrons. The number of aromatic nitrogens is 3. The van der Waals surface area contributed by atoms with E-state index in [0.717, 1.165) is 54.4 Å². The van der Waals surface area contributed by atoms with Crippen molar-refractivity contribution in [2.24, 2.45) is 16.8 Å². The third-order valence-corrected chi connectivity index (χ3v) is 8.81. The van der Waals surface area contributed by atoms with Crippen LogP contribution in [-0.4, -0.2) is 49.0 Å². The fraction of sp³-hybridized carbons (Fsp3) is 0.480. The quantitative estimate of drug-likeness (QED) is 0.345. The molecule has 4 N–H and O–H groups in total. The summed E-state index contributed by atoms with van der Waals surface area (Å²) in [5.41, 5.74) is 0.453. The van der Waals surface area contributed by atoms with Gasteiger partial charge in [-0.1, -0.05) is 0 Å².